The molecule has 2 aromatic rings. The molecule has 1 N–H and O–H groups in total. The van der Waals surface area contributed by atoms with Crippen LogP contribution in [0.1, 0.15) is 29.7 Å². The van der Waals surface area contributed by atoms with Crippen LogP contribution in [0, 0.1) is 0 Å². The van der Waals surface area contributed by atoms with Crippen molar-refractivity contribution in [2.45, 2.75) is 19.4 Å². The molecule has 18 heavy (non-hydrogen) atoms. The molecule has 0 amide bonds. The first kappa shape index (κ1) is 14.3. The summed E-state index contributed by atoms with van der Waals surface area (Å²) < 4.78 is 2.33. The first-order chi connectivity index (χ1) is 8.65. The summed E-state index contributed by atoms with van der Waals surface area (Å²) in [5.74, 6) is 0. The minimum Gasteiger partial charge on any atom is -0.309 e. The Kier molecular flexibility index (Phi) is 5.01. The van der Waals surface area contributed by atoms with Gasteiger partial charge in [-0.2, -0.15) is 0 Å². The lowest BCUT2D eigenvalue weighted by molar-refractivity contribution is 0.691. The molecule has 0 fully saturated rings. The topological polar surface area (TPSA) is 12.0 Å². The maximum Gasteiger partial charge on any atom is 0.0761 e. The van der Waals surface area contributed by atoms with Gasteiger partial charge in [-0.25, -0.2) is 0 Å². The van der Waals surface area contributed by atoms with E-state index >= 15 is 0 Å². The van der Waals surface area contributed by atoms with E-state index in [1.165, 1.54) is 20.5 Å². The molecular weight excluding hydrogens is 374 g/mol. The van der Waals surface area contributed by atoms with Gasteiger partial charge in [0.05, 0.1) is 13.6 Å². The monoisotopic (exact) mass is 387 g/mol. The second-order valence-electron chi connectivity index (χ2n) is 4.10. The molecule has 0 spiro atoms. The number of aryl methyl sites for hydroxylation is 1. The van der Waals surface area contributed by atoms with E-state index in [4.69, 9.17) is 0 Å². The summed E-state index contributed by atoms with van der Waals surface area (Å²) in [5.41, 5.74) is 3.96. The van der Waals surface area contributed by atoms with E-state index in [1.54, 1.807) is 11.3 Å². The zero-order chi connectivity index (χ0) is 13.1. The van der Waals surface area contributed by atoms with Gasteiger partial charge in [-0.3, -0.25) is 0 Å². The average molecular weight is 389 g/mol. The van der Waals surface area contributed by atoms with Gasteiger partial charge >= 0.3 is 0 Å². The van der Waals surface area contributed by atoms with Crippen LogP contribution in [0.3, 0.4) is 0 Å². The Labute approximate surface area is 129 Å². The van der Waals surface area contributed by atoms with Crippen LogP contribution < -0.4 is 5.32 Å². The molecule has 1 atom stereocenters. The van der Waals surface area contributed by atoms with Crippen molar-refractivity contribution in [2.24, 2.45) is 0 Å². The number of halogens is 2. The van der Waals surface area contributed by atoms with Crippen molar-refractivity contribution in [3.63, 3.8) is 0 Å². The maximum atomic E-state index is 3.64. The minimum absolute atomic E-state index is 0.230. The first-order valence-electron chi connectivity index (χ1n) is 5.86. The van der Waals surface area contributed by atoms with Crippen LogP contribution in [0.4, 0.5) is 0 Å². The summed E-state index contributed by atoms with van der Waals surface area (Å²) in [7, 11) is 2.00. The fourth-order valence-electron chi connectivity index (χ4n) is 2.04. The maximum absolute atomic E-state index is 3.64. The molecular formula is C14H15Br2NS. The van der Waals surface area contributed by atoms with Crippen LogP contribution in [0.5, 0.6) is 0 Å². The van der Waals surface area contributed by atoms with Crippen LogP contribution in [0.25, 0.3) is 0 Å². The molecule has 96 valence electrons. The van der Waals surface area contributed by atoms with Gasteiger partial charge in [0.15, 0.2) is 0 Å². The predicted octanol–water partition coefficient (Wildman–Crippen LogP) is 5.14. The highest BCUT2D eigenvalue weighted by molar-refractivity contribution is 9.12. The summed E-state index contributed by atoms with van der Waals surface area (Å²) >= 11 is 8.89. The lowest BCUT2D eigenvalue weighted by Gasteiger charge is -2.17. The highest BCUT2D eigenvalue weighted by Crippen LogP contribution is 2.37. The zero-order valence-corrected chi connectivity index (χ0v) is 14.3. The van der Waals surface area contributed by atoms with Crippen LogP contribution in [0.15, 0.2) is 37.9 Å². The fraction of sp³-hybridized carbons (Fsp3) is 0.286. The Balaban J connectivity index is 2.41. The second-order valence-corrected chi connectivity index (χ2v) is 7.85. The van der Waals surface area contributed by atoms with Crippen LogP contribution >= 0.6 is 43.2 Å². The van der Waals surface area contributed by atoms with E-state index < -0.39 is 0 Å². The Morgan fingerprint density at radius 1 is 1.28 bits per heavy atom. The minimum atomic E-state index is 0.230. The van der Waals surface area contributed by atoms with Gasteiger partial charge in [0.1, 0.15) is 0 Å². The van der Waals surface area contributed by atoms with Gasteiger partial charge in [0.2, 0.25) is 0 Å². The predicted molar refractivity (Wildman–Crippen MR) is 86.4 cm³/mol. The van der Waals surface area contributed by atoms with Gasteiger partial charge in [-0.15, -0.1) is 11.3 Å². The second kappa shape index (κ2) is 6.33. The van der Waals surface area contributed by atoms with Crippen LogP contribution in [0.2, 0.25) is 0 Å². The van der Waals surface area contributed by atoms with Gasteiger partial charge in [-0.05, 0) is 68.1 Å². The SMILES string of the molecule is CCc1cccc(C(NC)c2cc(Br)sc2Br)c1. The largest absolute Gasteiger partial charge is 0.309 e. The highest BCUT2D eigenvalue weighted by Gasteiger charge is 2.17. The van der Waals surface area contributed by atoms with E-state index in [1.807, 2.05) is 7.05 Å². The number of rotatable bonds is 4. The van der Waals surface area contributed by atoms with Crippen LogP contribution in [-0.2, 0) is 6.42 Å². The van der Waals surface area contributed by atoms with Crippen molar-refractivity contribution in [2.75, 3.05) is 7.05 Å². The fourth-order valence-corrected chi connectivity index (χ4v) is 4.95. The third-order valence-corrected chi connectivity index (χ3v) is 5.36. The molecule has 1 nitrogen and oxygen atoms in total. The summed E-state index contributed by atoms with van der Waals surface area (Å²) in [4.78, 5) is 0. The molecule has 0 bridgehead atoms. The summed E-state index contributed by atoms with van der Waals surface area (Å²) in [6.07, 6.45) is 1.07. The van der Waals surface area contributed by atoms with Crippen molar-refractivity contribution in [3.05, 3.63) is 54.6 Å². The molecule has 0 aliphatic heterocycles. The molecule has 0 saturated heterocycles. The van der Waals surface area contributed by atoms with Crippen molar-refractivity contribution in [1.82, 2.24) is 5.32 Å². The van der Waals surface area contributed by atoms with Gasteiger partial charge < -0.3 is 5.32 Å². The molecule has 1 aromatic carbocycles. The molecule has 2 rings (SSSR count). The number of hydrogen-bond donors (Lipinski definition) is 1. The van der Waals surface area contributed by atoms with E-state index in [2.05, 4.69) is 74.4 Å². The Morgan fingerprint density at radius 2 is 2.06 bits per heavy atom. The van der Waals surface area contributed by atoms with Crippen molar-refractivity contribution in [1.29, 1.82) is 0 Å². The molecule has 0 saturated carbocycles. The number of thiophene rings is 1. The van der Waals surface area contributed by atoms with E-state index in [0.717, 1.165) is 10.2 Å². The normalized spacial score (nSPS) is 12.7. The smallest absolute Gasteiger partial charge is 0.0761 e. The standard InChI is InChI=1S/C14H15Br2NS/c1-3-9-5-4-6-10(7-9)13(17-2)11-8-12(15)18-14(11)16/h4-8,13,17H,3H2,1-2H3. The summed E-state index contributed by atoms with van der Waals surface area (Å²) in [6, 6.07) is 11.2. The van der Waals surface area contributed by atoms with Crippen molar-refractivity contribution < 1.29 is 0 Å². The number of benzene rings is 1. The lowest BCUT2D eigenvalue weighted by Crippen LogP contribution is -2.17. The Morgan fingerprint density at radius 3 is 2.61 bits per heavy atom. The molecule has 0 radical (unpaired) electrons. The van der Waals surface area contributed by atoms with Gasteiger partial charge in [0, 0.05) is 0 Å². The van der Waals surface area contributed by atoms with Gasteiger partial charge in [0.25, 0.3) is 0 Å². The third-order valence-electron chi connectivity index (χ3n) is 2.98. The lowest BCUT2D eigenvalue weighted by atomic mass is 9.99. The average Bonchev–Trinajstić information content (AvgIpc) is 2.70. The van der Waals surface area contributed by atoms with Crippen molar-refractivity contribution in [3.8, 4) is 0 Å². The first-order valence-corrected chi connectivity index (χ1v) is 8.26. The quantitative estimate of drug-likeness (QED) is 0.764. The van der Waals surface area contributed by atoms with E-state index in [-0.39, 0.29) is 6.04 Å². The molecule has 1 aromatic heterocycles. The van der Waals surface area contributed by atoms with Gasteiger partial charge in [-0.1, -0.05) is 31.2 Å². The summed E-state index contributed by atoms with van der Waals surface area (Å²) in [6.45, 7) is 2.19. The zero-order valence-electron chi connectivity index (χ0n) is 10.3. The summed E-state index contributed by atoms with van der Waals surface area (Å²) in [5, 5.41) is 3.40. The third kappa shape index (κ3) is 3.05. The van der Waals surface area contributed by atoms with E-state index in [9.17, 15) is 0 Å². The number of hydrogen-bond acceptors (Lipinski definition) is 2. The Hall–Kier alpha value is -0.160. The highest BCUT2D eigenvalue weighted by atomic mass is 79.9. The molecule has 4 heteroatoms. The Bertz CT molecular complexity index is 536. The number of nitrogens with one attached hydrogen (secondary N) is 1. The van der Waals surface area contributed by atoms with Crippen LogP contribution in [-0.4, -0.2) is 7.05 Å². The molecule has 1 heterocycles. The molecule has 1 unspecified atom stereocenters. The van der Waals surface area contributed by atoms with Crippen molar-refractivity contribution >= 4 is 43.2 Å². The molecule has 0 aliphatic carbocycles. The van der Waals surface area contributed by atoms with E-state index in [0.29, 0.717) is 0 Å². The molecule has 0 aliphatic rings.